The molecule has 5 heteroatoms. The van der Waals surface area contributed by atoms with Crippen molar-refractivity contribution in [1.29, 1.82) is 0 Å². The number of rotatable bonds is 6. The van der Waals surface area contributed by atoms with Crippen LogP contribution >= 0.6 is 0 Å². The first-order valence-corrected chi connectivity index (χ1v) is 8.42. The lowest BCUT2D eigenvalue weighted by molar-refractivity contribution is -0.697. The van der Waals surface area contributed by atoms with Crippen molar-refractivity contribution < 1.29 is 17.2 Å². The molecule has 112 valence electrons. The van der Waals surface area contributed by atoms with Gasteiger partial charge in [-0.25, -0.2) is 4.57 Å². The number of aryl methyl sites for hydroxylation is 2. The van der Waals surface area contributed by atoms with Crippen molar-refractivity contribution in [3.05, 3.63) is 54.4 Å². The quantitative estimate of drug-likeness (QED) is 0.609. The van der Waals surface area contributed by atoms with E-state index in [0.29, 0.717) is 5.75 Å². The second-order valence-corrected chi connectivity index (χ2v) is 6.52. The number of hydrogen-bond donors (Lipinski definition) is 0. The van der Waals surface area contributed by atoms with Crippen molar-refractivity contribution in [2.75, 3.05) is 0 Å². The van der Waals surface area contributed by atoms with Gasteiger partial charge in [-0.15, -0.1) is 0 Å². The summed E-state index contributed by atoms with van der Waals surface area (Å²) < 4.78 is 31.4. The van der Waals surface area contributed by atoms with Crippen LogP contribution in [0.25, 0.3) is 0 Å². The van der Waals surface area contributed by atoms with E-state index < -0.39 is 10.1 Å². The Morgan fingerprint density at radius 1 is 1.05 bits per heavy atom. The Morgan fingerprint density at radius 2 is 1.67 bits per heavy atom. The third-order valence-corrected chi connectivity index (χ3v) is 4.41. The first-order valence-electron chi connectivity index (χ1n) is 7.01. The van der Waals surface area contributed by atoms with Gasteiger partial charge in [-0.1, -0.05) is 31.0 Å². The SMILES string of the molecule is CCCC[n+]1ccc(OS(=O)(=O)c2ccc(C)cc2)cc1. The molecule has 0 bridgehead atoms. The van der Waals surface area contributed by atoms with Crippen LogP contribution in [-0.4, -0.2) is 8.42 Å². The first kappa shape index (κ1) is 15.5. The molecule has 0 amide bonds. The highest BCUT2D eigenvalue weighted by Gasteiger charge is 2.16. The van der Waals surface area contributed by atoms with Crippen molar-refractivity contribution in [1.82, 2.24) is 0 Å². The average molecular weight is 306 g/mol. The van der Waals surface area contributed by atoms with Gasteiger partial charge in [0, 0.05) is 18.6 Å². The van der Waals surface area contributed by atoms with Gasteiger partial charge in [0.2, 0.25) is 0 Å². The molecule has 0 fully saturated rings. The van der Waals surface area contributed by atoms with Gasteiger partial charge < -0.3 is 4.18 Å². The summed E-state index contributed by atoms with van der Waals surface area (Å²) in [6, 6.07) is 9.94. The monoisotopic (exact) mass is 306 g/mol. The smallest absolute Gasteiger partial charge is 0.339 e. The number of aromatic nitrogens is 1. The van der Waals surface area contributed by atoms with Crippen LogP contribution in [0.15, 0.2) is 53.7 Å². The summed E-state index contributed by atoms with van der Waals surface area (Å²) in [7, 11) is -3.77. The van der Waals surface area contributed by atoms with Crippen LogP contribution < -0.4 is 8.75 Å². The molecule has 0 aliphatic rings. The zero-order chi connectivity index (χ0) is 15.3. The minimum atomic E-state index is -3.77. The van der Waals surface area contributed by atoms with Crippen molar-refractivity contribution >= 4 is 10.1 Å². The van der Waals surface area contributed by atoms with Crippen LogP contribution in [0.1, 0.15) is 25.3 Å². The summed E-state index contributed by atoms with van der Waals surface area (Å²) in [6.45, 7) is 4.96. The fraction of sp³-hybridized carbons (Fsp3) is 0.312. The van der Waals surface area contributed by atoms with E-state index in [0.717, 1.165) is 24.9 Å². The maximum Gasteiger partial charge on any atom is 0.339 e. The Morgan fingerprint density at radius 3 is 2.24 bits per heavy atom. The lowest BCUT2D eigenvalue weighted by Gasteiger charge is -2.06. The molecule has 2 aromatic rings. The summed E-state index contributed by atoms with van der Waals surface area (Å²) in [5.74, 6) is 0.323. The van der Waals surface area contributed by atoms with Gasteiger partial charge in [-0.3, -0.25) is 0 Å². The Kier molecular flexibility index (Phi) is 4.96. The Hall–Kier alpha value is -1.88. The van der Waals surface area contributed by atoms with Gasteiger partial charge in [0.25, 0.3) is 0 Å². The molecule has 0 saturated heterocycles. The maximum atomic E-state index is 12.1. The minimum Gasteiger partial charge on any atom is -0.378 e. The molecule has 0 spiro atoms. The fourth-order valence-electron chi connectivity index (χ4n) is 1.87. The van der Waals surface area contributed by atoms with Crippen LogP contribution in [0.5, 0.6) is 5.75 Å². The van der Waals surface area contributed by atoms with Gasteiger partial charge in [-0.2, -0.15) is 8.42 Å². The highest BCUT2D eigenvalue weighted by molar-refractivity contribution is 7.87. The van der Waals surface area contributed by atoms with Gasteiger partial charge in [-0.05, 0) is 19.1 Å². The molecule has 0 radical (unpaired) electrons. The van der Waals surface area contributed by atoms with Crippen molar-refractivity contribution in [3.8, 4) is 5.75 Å². The lowest BCUT2D eigenvalue weighted by atomic mass is 10.2. The minimum absolute atomic E-state index is 0.163. The highest BCUT2D eigenvalue weighted by atomic mass is 32.2. The van der Waals surface area contributed by atoms with Crippen LogP contribution in [0.3, 0.4) is 0 Å². The largest absolute Gasteiger partial charge is 0.378 e. The normalized spacial score (nSPS) is 11.3. The van der Waals surface area contributed by atoms with E-state index in [4.69, 9.17) is 4.18 Å². The molecule has 4 nitrogen and oxygen atoms in total. The van der Waals surface area contributed by atoms with E-state index in [1.54, 1.807) is 36.4 Å². The Labute approximate surface area is 126 Å². The van der Waals surface area contributed by atoms with E-state index in [-0.39, 0.29) is 4.90 Å². The van der Waals surface area contributed by atoms with E-state index in [2.05, 4.69) is 6.92 Å². The maximum absolute atomic E-state index is 12.1. The third-order valence-electron chi connectivity index (χ3n) is 3.15. The van der Waals surface area contributed by atoms with E-state index >= 15 is 0 Å². The summed E-state index contributed by atoms with van der Waals surface area (Å²) in [5, 5.41) is 0. The standard InChI is InChI=1S/C16H20NO3S/c1-3-4-11-17-12-9-15(10-13-17)20-21(18,19)16-7-5-14(2)6-8-16/h5-10,12-13H,3-4,11H2,1-2H3/q+1. The zero-order valence-electron chi connectivity index (χ0n) is 12.3. The van der Waals surface area contributed by atoms with Crippen molar-refractivity contribution in [2.24, 2.45) is 0 Å². The first-order chi connectivity index (χ1) is 10.0. The summed E-state index contributed by atoms with van der Waals surface area (Å²) in [5.41, 5.74) is 1.01. The predicted octanol–water partition coefficient (Wildman–Crippen LogP) is 2.85. The van der Waals surface area contributed by atoms with E-state index in [9.17, 15) is 8.42 Å². The molecule has 0 atom stereocenters. The summed E-state index contributed by atoms with van der Waals surface area (Å²) >= 11 is 0. The molecule has 1 aromatic carbocycles. The van der Waals surface area contributed by atoms with Crippen molar-refractivity contribution in [3.63, 3.8) is 0 Å². The topological polar surface area (TPSA) is 47.2 Å². The van der Waals surface area contributed by atoms with E-state index in [1.807, 2.05) is 23.9 Å². The van der Waals surface area contributed by atoms with Crippen LogP contribution in [0.2, 0.25) is 0 Å². The average Bonchev–Trinajstić information content (AvgIpc) is 2.47. The molecule has 0 unspecified atom stereocenters. The number of benzene rings is 1. The second-order valence-electron chi connectivity index (χ2n) is 4.98. The van der Waals surface area contributed by atoms with Gasteiger partial charge in [0.05, 0.1) is 0 Å². The third kappa shape index (κ3) is 4.29. The molecule has 0 aliphatic carbocycles. The molecule has 0 N–H and O–H groups in total. The predicted molar refractivity (Wildman–Crippen MR) is 80.5 cm³/mol. The van der Waals surface area contributed by atoms with Gasteiger partial charge >= 0.3 is 10.1 Å². The molecule has 0 aliphatic heterocycles. The van der Waals surface area contributed by atoms with Crippen LogP contribution in [-0.2, 0) is 16.7 Å². The van der Waals surface area contributed by atoms with Crippen LogP contribution in [0, 0.1) is 6.92 Å². The molecule has 1 heterocycles. The molecular formula is C16H20NO3S+. The fourth-order valence-corrected chi connectivity index (χ4v) is 2.80. The highest BCUT2D eigenvalue weighted by Crippen LogP contribution is 2.17. The number of hydrogen-bond acceptors (Lipinski definition) is 3. The summed E-state index contributed by atoms with van der Waals surface area (Å²) in [4.78, 5) is 0.163. The summed E-state index contributed by atoms with van der Waals surface area (Å²) in [6.07, 6.45) is 5.87. The van der Waals surface area contributed by atoms with E-state index in [1.165, 1.54) is 0 Å². The molecule has 2 rings (SSSR count). The Balaban J connectivity index is 2.11. The van der Waals surface area contributed by atoms with Crippen molar-refractivity contribution in [2.45, 2.75) is 38.1 Å². The van der Waals surface area contributed by atoms with Crippen LogP contribution in [0.4, 0.5) is 0 Å². The number of pyridine rings is 1. The molecule has 0 saturated carbocycles. The second kappa shape index (κ2) is 6.72. The molecule has 1 aromatic heterocycles. The number of unbranched alkanes of at least 4 members (excludes halogenated alkanes) is 1. The lowest BCUT2D eigenvalue weighted by Crippen LogP contribution is -2.32. The van der Waals surface area contributed by atoms with Gasteiger partial charge in [0.15, 0.2) is 18.1 Å². The molecular weight excluding hydrogens is 286 g/mol. The Bertz CT molecular complexity index is 676. The van der Waals surface area contributed by atoms with Gasteiger partial charge in [0.1, 0.15) is 11.4 Å². The molecule has 21 heavy (non-hydrogen) atoms. The zero-order valence-corrected chi connectivity index (χ0v) is 13.1. The number of nitrogens with zero attached hydrogens (tertiary/aromatic N) is 1.